The standard InChI is InChI=1S/C24H31N3O4/c1-14-22(26-18-4-3-5-19(13-18)31-11-10-28)20-12-17(24(25)30)8-9-21(20)27(15(2)29)23(14)16-6-7-16/h3-5,8-9,12-16,22-23,26,28-29H,6-7,10-11H2,1-2H3,(H2,25,30)/t14-,15?,22-,23-/m1/s1. The molecule has 2 aliphatic rings. The SMILES string of the molecule is CC(O)N1c2ccc(C(N)=O)cc2[C@H](Nc2cccc(OCCO)c2)[C@@H](C)[C@@H]1C1CC1. The molecule has 7 heteroatoms. The number of nitrogens with zero attached hydrogens (tertiary/aromatic N) is 1. The smallest absolute Gasteiger partial charge is 0.248 e. The van der Waals surface area contributed by atoms with Crippen LogP contribution in [0, 0.1) is 11.8 Å². The van der Waals surface area contributed by atoms with Crippen molar-refractivity contribution in [1.82, 2.24) is 0 Å². The number of hydrogen-bond acceptors (Lipinski definition) is 6. The van der Waals surface area contributed by atoms with Gasteiger partial charge < -0.3 is 30.9 Å². The Hall–Kier alpha value is -2.77. The maximum absolute atomic E-state index is 11.9. The first-order valence-electron chi connectivity index (χ1n) is 10.9. The molecule has 7 nitrogen and oxygen atoms in total. The van der Waals surface area contributed by atoms with Gasteiger partial charge in [-0.3, -0.25) is 4.79 Å². The normalized spacial score (nSPS) is 23.7. The highest BCUT2D eigenvalue weighted by molar-refractivity contribution is 5.93. The molecule has 166 valence electrons. The lowest BCUT2D eigenvalue weighted by molar-refractivity contribution is 0.1000. The number of nitrogens with two attached hydrogens (primary N) is 1. The van der Waals surface area contributed by atoms with Crippen LogP contribution in [0.25, 0.3) is 0 Å². The predicted molar refractivity (Wildman–Crippen MR) is 120 cm³/mol. The van der Waals surface area contributed by atoms with E-state index >= 15 is 0 Å². The fourth-order valence-corrected chi connectivity index (χ4v) is 4.86. The number of nitrogens with one attached hydrogen (secondary N) is 1. The van der Waals surface area contributed by atoms with E-state index in [9.17, 15) is 9.90 Å². The molecule has 0 saturated heterocycles. The van der Waals surface area contributed by atoms with E-state index in [1.165, 1.54) is 0 Å². The van der Waals surface area contributed by atoms with E-state index in [1.807, 2.05) is 36.4 Å². The summed E-state index contributed by atoms with van der Waals surface area (Å²) in [5, 5.41) is 23.3. The number of benzene rings is 2. The Kier molecular flexibility index (Phi) is 6.07. The molecule has 1 heterocycles. The number of carbonyl (C=O) groups excluding carboxylic acids is 1. The van der Waals surface area contributed by atoms with Crippen molar-refractivity contribution in [3.8, 4) is 5.75 Å². The summed E-state index contributed by atoms with van der Waals surface area (Å²) < 4.78 is 5.56. The van der Waals surface area contributed by atoms with Crippen LogP contribution in [0.15, 0.2) is 42.5 Å². The Morgan fingerprint density at radius 3 is 2.71 bits per heavy atom. The lowest BCUT2D eigenvalue weighted by Gasteiger charge is -2.48. The molecule has 0 bridgehead atoms. The van der Waals surface area contributed by atoms with Crippen LogP contribution in [0.5, 0.6) is 5.75 Å². The first-order chi connectivity index (χ1) is 14.9. The van der Waals surface area contributed by atoms with E-state index in [4.69, 9.17) is 15.6 Å². The maximum Gasteiger partial charge on any atom is 0.248 e. The van der Waals surface area contributed by atoms with E-state index in [0.29, 0.717) is 17.2 Å². The van der Waals surface area contributed by atoms with Gasteiger partial charge in [-0.15, -0.1) is 0 Å². The molecule has 2 aromatic carbocycles. The van der Waals surface area contributed by atoms with Crippen LogP contribution in [0.1, 0.15) is 48.7 Å². The largest absolute Gasteiger partial charge is 0.491 e. The van der Waals surface area contributed by atoms with Crippen molar-refractivity contribution in [3.63, 3.8) is 0 Å². The number of fused-ring (bicyclic) bond motifs is 1. The summed E-state index contributed by atoms with van der Waals surface area (Å²) in [6, 6.07) is 13.3. The topological polar surface area (TPSA) is 108 Å². The number of carbonyl (C=O) groups is 1. The highest BCUT2D eigenvalue weighted by Gasteiger charge is 2.47. The number of aliphatic hydroxyl groups excluding tert-OH is 2. The molecule has 1 unspecified atom stereocenters. The summed E-state index contributed by atoms with van der Waals surface area (Å²) in [6.07, 6.45) is 1.68. The van der Waals surface area contributed by atoms with Crippen molar-refractivity contribution in [2.75, 3.05) is 23.4 Å². The molecule has 5 N–H and O–H groups in total. The highest BCUT2D eigenvalue weighted by Crippen LogP contribution is 2.50. The number of amides is 1. The number of primary amides is 1. The molecule has 4 atom stereocenters. The Labute approximate surface area is 182 Å². The van der Waals surface area contributed by atoms with Gasteiger partial charge in [0.25, 0.3) is 0 Å². The van der Waals surface area contributed by atoms with Crippen molar-refractivity contribution in [3.05, 3.63) is 53.6 Å². The van der Waals surface area contributed by atoms with Crippen molar-refractivity contribution in [2.24, 2.45) is 17.6 Å². The minimum absolute atomic E-state index is 0.0428. The van der Waals surface area contributed by atoms with Gasteiger partial charge in [0.1, 0.15) is 18.6 Å². The van der Waals surface area contributed by atoms with Gasteiger partial charge in [0.2, 0.25) is 5.91 Å². The first kappa shape index (κ1) is 21.5. The van der Waals surface area contributed by atoms with E-state index < -0.39 is 12.1 Å². The van der Waals surface area contributed by atoms with Gasteiger partial charge in [-0.05, 0) is 61.6 Å². The molecule has 0 aromatic heterocycles. The van der Waals surface area contributed by atoms with Gasteiger partial charge >= 0.3 is 0 Å². The lowest BCUT2D eigenvalue weighted by atomic mass is 9.79. The Balaban J connectivity index is 1.74. The van der Waals surface area contributed by atoms with Crippen LogP contribution in [-0.4, -0.2) is 41.6 Å². The van der Waals surface area contributed by atoms with Gasteiger partial charge in [0.15, 0.2) is 0 Å². The minimum Gasteiger partial charge on any atom is -0.491 e. The predicted octanol–water partition coefficient (Wildman–Crippen LogP) is 2.88. The number of anilines is 2. The Bertz CT molecular complexity index is 944. The number of ether oxygens (including phenoxy) is 1. The summed E-state index contributed by atoms with van der Waals surface area (Å²) in [5.74, 6) is 0.927. The highest BCUT2D eigenvalue weighted by atomic mass is 16.5. The molecule has 4 rings (SSSR count). The molecule has 1 aliphatic carbocycles. The average Bonchev–Trinajstić information content (AvgIpc) is 3.58. The van der Waals surface area contributed by atoms with Crippen molar-refractivity contribution < 1.29 is 19.7 Å². The van der Waals surface area contributed by atoms with Crippen LogP contribution in [0.3, 0.4) is 0 Å². The molecule has 0 radical (unpaired) electrons. The minimum atomic E-state index is -0.637. The molecular weight excluding hydrogens is 394 g/mol. The Morgan fingerprint density at radius 1 is 1.29 bits per heavy atom. The molecule has 1 aliphatic heterocycles. The van der Waals surface area contributed by atoms with Crippen molar-refractivity contribution in [2.45, 2.75) is 45.0 Å². The summed E-state index contributed by atoms with van der Waals surface area (Å²) in [6.45, 7) is 4.19. The quantitative estimate of drug-likeness (QED) is 0.518. The summed E-state index contributed by atoms with van der Waals surface area (Å²) >= 11 is 0. The summed E-state index contributed by atoms with van der Waals surface area (Å²) in [5.41, 5.74) is 8.79. The molecule has 1 amide bonds. The number of rotatable bonds is 8. The van der Waals surface area contributed by atoms with E-state index in [0.717, 1.165) is 29.8 Å². The maximum atomic E-state index is 11.9. The fraction of sp³-hybridized carbons (Fsp3) is 0.458. The second-order valence-electron chi connectivity index (χ2n) is 8.59. The fourth-order valence-electron chi connectivity index (χ4n) is 4.86. The van der Waals surface area contributed by atoms with Gasteiger partial charge in [-0.25, -0.2) is 0 Å². The van der Waals surface area contributed by atoms with Crippen LogP contribution in [0.4, 0.5) is 11.4 Å². The monoisotopic (exact) mass is 425 g/mol. The summed E-state index contributed by atoms with van der Waals surface area (Å²) in [7, 11) is 0. The molecular formula is C24H31N3O4. The van der Waals surface area contributed by atoms with Gasteiger partial charge in [-0.2, -0.15) is 0 Å². The second kappa shape index (κ2) is 8.77. The van der Waals surface area contributed by atoms with Crippen LogP contribution >= 0.6 is 0 Å². The molecule has 1 fully saturated rings. The third-order valence-electron chi connectivity index (χ3n) is 6.33. The van der Waals surface area contributed by atoms with Gasteiger partial charge in [-0.1, -0.05) is 13.0 Å². The third-order valence-corrected chi connectivity index (χ3v) is 6.33. The number of hydrogen-bond donors (Lipinski definition) is 4. The van der Waals surface area contributed by atoms with Gasteiger partial charge in [0, 0.05) is 35.0 Å². The Morgan fingerprint density at radius 2 is 2.06 bits per heavy atom. The summed E-state index contributed by atoms with van der Waals surface area (Å²) in [4.78, 5) is 14.0. The number of aliphatic hydroxyl groups is 2. The molecule has 1 saturated carbocycles. The zero-order valence-corrected chi connectivity index (χ0v) is 18.0. The first-order valence-corrected chi connectivity index (χ1v) is 10.9. The lowest BCUT2D eigenvalue weighted by Crippen LogP contribution is -2.52. The van der Waals surface area contributed by atoms with E-state index in [-0.39, 0.29) is 31.2 Å². The van der Waals surface area contributed by atoms with Crippen molar-refractivity contribution in [1.29, 1.82) is 0 Å². The second-order valence-corrected chi connectivity index (χ2v) is 8.59. The van der Waals surface area contributed by atoms with Crippen LogP contribution in [-0.2, 0) is 0 Å². The van der Waals surface area contributed by atoms with E-state index in [2.05, 4.69) is 17.1 Å². The molecule has 2 aromatic rings. The van der Waals surface area contributed by atoms with E-state index in [1.54, 1.807) is 13.0 Å². The zero-order chi connectivity index (χ0) is 22.1. The average molecular weight is 426 g/mol. The zero-order valence-electron chi connectivity index (χ0n) is 18.0. The third kappa shape index (κ3) is 4.34. The molecule has 31 heavy (non-hydrogen) atoms. The van der Waals surface area contributed by atoms with Crippen LogP contribution < -0.4 is 20.7 Å². The van der Waals surface area contributed by atoms with Crippen molar-refractivity contribution >= 4 is 17.3 Å². The molecule has 0 spiro atoms. The van der Waals surface area contributed by atoms with Crippen LogP contribution in [0.2, 0.25) is 0 Å². The van der Waals surface area contributed by atoms with Gasteiger partial charge in [0.05, 0.1) is 12.6 Å².